The van der Waals surface area contributed by atoms with Crippen LogP contribution in [0, 0.1) is 5.41 Å². The van der Waals surface area contributed by atoms with Gasteiger partial charge in [-0.05, 0) is 31.1 Å². The van der Waals surface area contributed by atoms with Crippen molar-refractivity contribution in [3.63, 3.8) is 0 Å². The summed E-state index contributed by atoms with van der Waals surface area (Å²) in [6, 6.07) is 0.240. The van der Waals surface area contributed by atoms with E-state index in [1.807, 2.05) is 0 Å². The molecule has 0 aliphatic heterocycles. The lowest BCUT2D eigenvalue weighted by atomic mass is 9.71. The third kappa shape index (κ3) is 3.28. The van der Waals surface area contributed by atoms with Crippen LogP contribution in [0.4, 0.5) is 0 Å². The van der Waals surface area contributed by atoms with Crippen molar-refractivity contribution in [2.24, 2.45) is 11.1 Å². The van der Waals surface area contributed by atoms with Crippen LogP contribution in [0.3, 0.4) is 0 Å². The summed E-state index contributed by atoms with van der Waals surface area (Å²) in [7, 11) is 0. The van der Waals surface area contributed by atoms with Crippen LogP contribution in [0.5, 0.6) is 0 Å². The maximum Gasteiger partial charge on any atom is 0.0436 e. The predicted molar refractivity (Wildman–Crippen MR) is 57.6 cm³/mol. The maximum absolute atomic E-state index is 9.05. The molecule has 2 unspecified atom stereocenters. The van der Waals surface area contributed by atoms with Crippen molar-refractivity contribution in [1.82, 2.24) is 0 Å². The lowest BCUT2D eigenvalue weighted by Crippen LogP contribution is -2.41. The Labute approximate surface area is 82.5 Å². The maximum atomic E-state index is 9.05. The van der Waals surface area contributed by atoms with Crippen LogP contribution in [0.2, 0.25) is 0 Å². The highest BCUT2D eigenvalue weighted by molar-refractivity contribution is 4.87. The molecule has 0 aliphatic carbocycles. The molecule has 80 valence electrons. The van der Waals surface area contributed by atoms with Crippen molar-refractivity contribution in [1.29, 1.82) is 0 Å². The molecule has 0 amide bonds. The molecule has 0 saturated heterocycles. The summed E-state index contributed by atoms with van der Waals surface area (Å²) in [6.45, 7) is 6.76. The molecule has 0 fully saturated rings. The fourth-order valence-corrected chi connectivity index (χ4v) is 2.27. The molecule has 0 aromatic carbocycles. The Morgan fingerprint density at radius 3 is 2.15 bits per heavy atom. The summed E-state index contributed by atoms with van der Waals surface area (Å²) in [5.41, 5.74) is 6.30. The lowest BCUT2D eigenvalue weighted by molar-refractivity contribution is 0.126. The zero-order valence-corrected chi connectivity index (χ0v) is 9.34. The molecule has 0 bridgehead atoms. The largest absolute Gasteiger partial charge is 0.396 e. The van der Waals surface area contributed by atoms with Gasteiger partial charge in [-0.15, -0.1) is 0 Å². The van der Waals surface area contributed by atoms with Crippen molar-refractivity contribution >= 4 is 0 Å². The highest BCUT2D eigenvalue weighted by atomic mass is 16.3. The molecule has 0 aromatic heterocycles. The van der Waals surface area contributed by atoms with E-state index < -0.39 is 0 Å². The van der Waals surface area contributed by atoms with Gasteiger partial charge in [0.25, 0.3) is 0 Å². The summed E-state index contributed by atoms with van der Waals surface area (Å²) >= 11 is 0. The van der Waals surface area contributed by atoms with Crippen LogP contribution in [0.25, 0.3) is 0 Å². The molecule has 0 radical (unpaired) electrons. The standard InChI is InChI=1S/C11H25NO/c1-4-7-11(6-3,8-9-13)10(12)5-2/h10,13H,4-9,12H2,1-3H3. The van der Waals surface area contributed by atoms with E-state index in [9.17, 15) is 0 Å². The van der Waals surface area contributed by atoms with Gasteiger partial charge in [-0.3, -0.25) is 0 Å². The van der Waals surface area contributed by atoms with Crippen molar-refractivity contribution in [3.8, 4) is 0 Å². The number of aliphatic hydroxyl groups excluding tert-OH is 1. The summed E-state index contributed by atoms with van der Waals surface area (Å²) in [4.78, 5) is 0. The molecule has 3 N–H and O–H groups in total. The Kier molecular flexibility index (Phi) is 6.35. The Balaban J connectivity index is 4.42. The van der Waals surface area contributed by atoms with Crippen molar-refractivity contribution in [2.45, 2.75) is 58.9 Å². The molecule has 2 heteroatoms. The van der Waals surface area contributed by atoms with Gasteiger partial charge in [0.1, 0.15) is 0 Å². The van der Waals surface area contributed by atoms with E-state index in [2.05, 4.69) is 20.8 Å². The van der Waals surface area contributed by atoms with Crippen LogP contribution in [-0.2, 0) is 0 Å². The van der Waals surface area contributed by atoms with Crippen LogP contribution >= 0.6 is 0 Å². The fourth-order valence-electron chi connectivity index (χ4n) is 2.27. The molecular formula is C11H25NO. The number of hydrogen-bond donors (Lipinski definition) is 2. The highest BCUT2D eigenvalue weighted by Gasteiger charge is 2.32. The van der Waals surface area contributed by atoms with E-state index in [1.54, 1.807) is 0 Å². The Hall–Kier alpha value is -0.0800. The molecule has 2 atom stereocenters. The number of hydrogen-bond acceptors (Lipinski definition) is 2. The summed E-state index contributed by atoms with van der Waals surface area (Å²) in [6.07, 6.45) is 5.23. The molecule has 0 spiro atoms. The van der Waals surface area contributed by atoms with E-state index in [-0.39, 0.29) is 18.1 Å². The molecule has 0 rings (SSSR count). The molecule has 0 saturated carbocycles. The zero-order valence-electron chi connectivity index (χ0n) is 9.34. The summed E-state index contributed by atoms with van der Waals surface area (Å²) in [5, 5.41) is 9.05. The second-order valence-corrected chi connectivity index (χ2v) is 3.95. The minimum atomic E-state index is 0.179. The van der Waals surface area contributed by atoms with E-state index in [4.69, 9.17) is 10.8 Å². The third-order valence-electron chi connectivity index (χ3n) is 3.29. The average molecular weight is 187 g/mol. The molecule has 0 aliphatic rings. The molecule has 0 heterocycles. The van der Waals surface area contributed by atoms with Gasteiger partial charge in [-0.1, -0.05) is 27.2 Å². The first kappa shape index (κ1) is 12.9. The van der Waals surface area contributed by atoms with Gasteiger partial charge in [-0.25, -0.2) is 0 Å². The van der Waals surface area contributed by atoms with Crippen LogP contribution in [0.1, 0.15) is 52.9 Å². The van der Waals surface area contributed by atoms with Gasteiger partial charge in [-0.2, -0.15) is 0 Å². The number of nitrogens with two attached hydrogens (primary N) is 1. The van der Waals surface area contributed by atoms with Gasteiger partial charge in [0.05, 0.1) is 0 Å². The van der Waals surface area contributed by atoms with Gasteiger partial charge in [0.2, 0.25) is 0 Å². The Morgan fingerprint density at radius 1 is 1.23 bits per heavy atom. The van der Waals surface area contributed by atoms with Crippen molar-refractivity contribution < 1.29 is 5.11 Å². The number of rotatable bonds is 7. The fraction of sp³-hybridized carbons (Fsp3) is 1.00. The van der Waals surface area contributed by atoms with Crippen LogP contribution < -0.4 is 5.73 Å². The van der Waals surface area contributed by atoms with E-state index in [0.29, 0.717) is 0 Å². The van der Waals surface area contributed by atoms with E-state index >= 15 is 0 Å². The Morgan fingerprint density at radius 2 is 1.85 bits per heavy atom. The summed E-state index contributed by atoms with van der Waals surface area (Å²) in [5.74, 6) is 0. The minimum Gasteiger partial charge on any atom is -0.396 e. The summed E-state index contributed by atoms with van der Waals surface area (Å²) < 4.78 is 0. The molecule has 2 nitrogen and oxygen atoms in total. The van der Waals surface area contributed by atoms with Gasteiger partial charge >= 0.3 is 0 Å². The van der Waals surface area contributed by atoms with Crippen molar-refractivity contribution in [3.05, 3.63) is 0 Å². The van der Waals surface area contributed by atoms with Crippen LogP contribution in [-0.4, -0.2) is 17.8 Å². The second-order valence-electron chi connectivity index (χ2n) is 3.95. The second kappa shape index (κ2) is 6.39. The van der Waals surface area contributed by atoms with Gasteiger partial charge in [0.15, 0.2) is 0 Å². The monoisotopic (exact) mass is 187 g/mol. The predicted octanol–water partition coefficient (Wildman–Crippen LogP) is 2.30. The van der Waals surface area contributed by atoms with Crippen LogP contribution in [0.15, 0.2) is 0 Å². The number of aliphatic hydroxyl groups is 1. The smallest absolute Gasteiger partial charge is 0.0436 e. The van der Waals surface area contributed by atoms with E-state index in [0.717, 1.165) is 32.1 Å². The SMILES string of the molecule is CCCC(CC)(CCO)C(N)CC. The minimum absolute atomic E-state index is 0.179. The highest BCUT2D eigenvalue weighted by Crippen LogP contribution is 2.36. The van der Waals surface area contributed by atoms with E-state index in [1.165, 1.54) is 0 Å². The Bertz CT molecular complexity index is 119. The molecule has 0 aromatic rings. The van der Waals surface area contributed by atoms with Gasteiger partial charge in [0, 0.05) is 12.6 Å². The zero-order chi connectivity index (χ0) is 10.3. The topological polar surface area (TPSA) is 46.2 Å². The van der Waals surface area contributed by atoms with Gasteiger partial charge < -0.3 is 10.8 Å². The first-order chi connectivity index (χ1) is 6.16. The molecular weight excluding hydrogens is 162 g/mol. The first-order valence-electron chi connectivity index (χ1n) is 5.53. The lowest BCUT2D eigenvalue weighted by Gasteiger charge is -2.37. The molecule has 13 heavy (non-hydrogen) atoms. The van der Waals surface area contributed by atoms with Crippen molar-refractivity contribution in [2.75, 3.05) is 6.61 Å². The average Bonchev–Trinajstić information content (AvgIpc) is 2.16. The third-order valence-corrected chi connectivity index (χ3v) is 3.29. The first-order valence-corrected chi connectivity index (χ1v) is 5.53. The quantitative estimate of drug-likeness (QED) is 0.642. The normalized spacial score (nSPS) is 18.2.